The quantitative estimate of drug-likeness (QED) is 0.708. The summed E-state index contributed by atoms with van der Waals surface area (Å²) in [6.07, 6.45) is 2.05. The number of nitrogens with one attached hydrogen (secondary N) is 1. The van der Waals surface area contributed by atoms with Crippen molar-refractivity contribution in [2.45, 2.75) is 0 Å². The van der Waals surface area contributed by atoms with Crippen LogP contribution < -0.4 is 4.90 Å². The number of anilines is 1. The number of H-pyrrole nitrogens is 1. The first-order valence-corrected chi connectivity index (χ1v) is 3.95. The van der Waals surface area contributed by atoms with Gasteiger partial charge in [-0.15, -0.1) is 0 Å². The molecule has 0 bridgehead atoms. The summed E-state index contributed by atoms with van der Waals surface area (Å²) in [4.78, 5) is 22.6. The maximum Gasteiger partial charge on any atom is 0.412 e. The van der Waals surface area contributed by atoms with Crippen molar-refractivity contribution in [3.05, 3.63) is 18.5 Å². The SMILES string of the molecule is CN(C(=O)O)c1cnc2[nH]ccc2n1. The third kappa shape index (κ3) is 1.26. The van der Waals surface area contributed by atoms with Crippen molar-refractivity contribution in [3.63, 3.8) is 0 Å². The predicted octanol–water partition coefficient (Wildman–Crippen LogP) is 1.07. The van der Waals surface area contributed by atoms with Gasteiger partial charge in [-0.05, 0) is 6.07 Å². The van der Waals surface area contributed by atoms with E-state index in [2.05, 4.69) is 15.0 Å². The Hall–Kier alpha value is -2.11. The van der Waals surface area contributed by atoms with Crippen LogP contribution >= 0.6 is 0 Å². The van der Waals surface area contributed by atoms with E-state index in [-0.39, 0.29) is 0 Å². The minimum atomic E-state index is -1.06. The van der Waals surface area contributed by atoms with Crippen LogP contribution in [-0.4, -0.2) is 33.2 Å². The number of aromatic amines is 1. The third-order valence-corrected chi connectivity index (χ3v) is 1.88. The summed E-state index contributed by atoms with van der Waals surface area (Å²) in [5, 5.41) is 8.71. The summed E-state index contributed by atoms with van der Waals surface area (Å²) in [5.41, 5.74) is 1.29. The zero-order valence-corrected chi connectivity index (χ0v) is 7.43. The van der Waals surface area contributed by atoms with Gasteiger partial charge in [0.25, 0.3) is 0 Å². The predicted molar refractivity (Wildman–Crippen MR) is 50.3 cm³/mol. The molecule has 2 N–H and O–H groups in total. The highest BCUT2D eigenvalue weighted by Gasteiger charge is 2.10. The average molecular weight is 192 g/mol. The molecule has 14 heavy (non-hydrogen) atoms. The van der Waals surface area contributed by atoms with Gasteiger partial charge >= 0.3 is 6.09 Å². The molecule has 0 aliphatic rings. The zero-order valence-electron chi connectivity index (χ0n) is 7.43. The molecule has 2 aromatic rings. The van der Waals surface area contributed by atoms with E-state index in [9.17, 15) is 4.79 Å². The first kappa shape index (κ1) is 8.49. The van der Waals surface area contributed by atoms with Gasteiger partial charge in [0.15, 0.2) is 11.5 Å². The van der Waals surface area contributed by atoms with E-state index in [1.54, 1.807) is 12.3 Å². The molecule has 0 aliphatic carbocycles. The van der Waals surface area contributed by atoms with Crippen LogP contribution in [0.5, 0.6) is 0 Å². The van der Waals surface area contributed by atoms with Gasteiger partial charge in [0.05, 0.1) is 6.20 Å². The van der Waals surface area contributed by atoms with Crippen LogP contribution in [0.4, 0.5) is 10.6 Å². The Balaban J connectivity index is 2.48. The maximum atomic E-state index is 10.6. The van der Waals surface area contributed by atoms with Gasteiger partial charge in [-0.3, -0.25) is 4.90 Å². The van der Waals surface area contributed by atoms with E-state index >= 15 is 0 Å². The Bertz CT molecular complexity index is 479. The number of hydrogen-bond donors (Lipinski definition) is 2. The molecular formula is C8H8N4O2. The van der Waals surface area contributed by atoms with E-state index in [0.29, 0.717) is 17.0 Å². The van der Waals surface area contributed by atoms with Gasteiger partial charge in [0, 0.05) is 13.2 Å². The van der Waals surface area contributed by atoms with Crippen molar-refractivity contribution in [1.29, 1.82) is 0 Å². The van der Waals surface area contributed by atoms with Crippen molar-refractivity contribution >= 4 is 23.1 Å². The highest BCUT2D eigenvalue weighted by molar-refractivity contribution is 5.85. The molecule has 0 aliphatic heterocycles. The fourth-order valence-electron chi connectivity index (χ4n) is 1.08. The first-order valence-electron chi connectivity index (χ1n) is 3.95. The second-order valence-electron chi connectivity index (χ2n) is 2.78. The number of fused-ring (bicyclic) bond motifs is 1. The Morgan fingerprint density at radius 2 is 2.43 bits per heavy atom. The number of aromatic nitrogens is 3. The van der Waals surface area contributed by atoms with Crippen LogP contribution in [0.1, 0.15) is 0 Å². The van der Waals surface area contributed by atoms with Crippen molar-refractivity contribution < 1.29 is 9.90 Å². The van der Waals surface area contributed by atoms with Gasteiger partial charge in [0.2, 0.25) is 0 Å². The first-order chi connectivity index (χ1) is 6.68. The molecule has 2 heterocycles. The second kappa shape index (κ2) is 2.99. The lowest BCUT2D eigenvalue weighted by Crippen LogP contribution is -2.24. The number of amides is 1. The summed E-state index contributed by atoms with van der Waals surface area (Å²) in [6, 6.07) is 1.74. The van der Waals surface area contributed by atoms with Gasteiger partial charge in [-0.2, -0.15) is 0 Å². The Labute approximate surface area is 79.2 Å². The van der Waals surface area contributed by atoms with Crippen LogP contribution in [0, 0.1) is 0 Å². The largest absolute Gasteiger partial charge is 0.465 e. The summed E-state index contributed by atoms with van der Waals surface area (Å²) in [5.74, 6) is 0.310. The third-order valence-electron chi connectivity index (χ3n) is 1.88. The van der Waals surface area contributed by atoms with E-state index in [4.69, 9.17) is 5.11 Å². The van der Waals surface area contributed by atoms with Gasteiger partial charge < -0.3 is 10.1 Å². The zero-order chi connectivity index (χ0) is 10.1. The average Bonchev–Trinajstić information content (AvgIpc) is 2.62. The number of carboxylic acid groups (broad SMARTS) is 1. The molecule has 0 saturated heterocycles. The van der Waals surface area contributed by atoms with Crippen molar-refractivity contribution in [2.75, 3.05) is 11.9 Å². The highest BCUT2D eigenvalue weighted by Crippen LogP contribution is 2.12. The van der Waals surface area contributed by atoms with Gasteiger partial charge in [0.1, 0.15) is 5.52 Å². The lowest BCUT2D eigenvalue weighted by molar-refractivity contribution is 0.203. The molecule has 72 valence electrons. The molecule has 6 nitrogen and oxygen atoms in total. The molecule has 0 spiro atoms. The molecule has 0 fully saturated rings. The number of nitrogens with zero attached hydrogens (tertiary/aromatic N) is 3. The van der Waals surface area contributed by atoms with Crippen molar-refractivity contribution in [3.8, 4) is 0 Å². The second-order valence-corrected chi connectivity index (χ2v) is 2.78. The summed E-state index contributed by atoms with van der Waals surface area (Å²) < 4.78 is 0. The molecule has 0 unspecified atom stereocenters. The summed E-state index contributed by atoms with van der Waals surface area (Å²) in [7, 11) is 1.42. The molecular weight excluding hydrogens is 184 g/mol. The normalized spacial score (nSPS) is 10.4. The highest BCUT2D eigenvalue weighted by atomic mass is 16.4. The summed E-state index contributed by atoms with van der Waals surface area (Å²) >= 11 is 0. The van der Waals surface area contributed by atoms with E-state index in [0.717, 1.165) is 4.90 Å². The maximum absolute atomic E-state index is 10.6. The van der Waals surface area contributed by atoms with Crippen LogP contribution in [0.2, 0.25) is 0 Å². The smallest absolute Gasteiger partial charge is 0.412 e. The molecule has 0 radical (unpaired) electrons. The van der Waals surface area contributed by atoms with E-state index in [1.165, 1.54) is 13.2 Å². The molecule has 0 saturated carbocycles. The van der Waals surface area contributed by atoms with Crippen molar-refractivity contribution in [2.24, 2.45) is 0 Å². The molecule has 2 aromatic heterocycles. The standard InChI is InChI=1S/C8H8N4O2/c1-12(8(13)14)6-4-10-7-5(11-6)2-3-9-7/h2-4H,1H3,(H,9,10)(H,13,14). The molecule has 6 heteroatoms. The van der Waals surface area contributed by atoms with Crippen molar-refractivity contribution in [1.82, 2.24) is 15.0 Å². The Kier molecular flexibility index (Phi) is 1.81. The number of hydrogen-bond acceptors (Lipinski definition) is 3. The van der Waals surface area contributed by atoms with Gasteiger partial charge in [-0.1, -0.05) is 0 Å². The van der Waals surface area contributed by atoms with Crippen LogP contribution in [0.15, 0.2) is 18.5 Å². The van der Waals surface area contributed by atoms with Crippen LogP contribution in [-0.2, 0) is 0 Å². The van der Waals surface area contributed by atoms with Crippen LogP contribution in [0.25, 0.3) is 11.2 Å². The molecule has 1 amide bonds. The van der Waals surface area contributed by atoms with E-state index < -0.39 is 6.09 Å². The molecule has 2 rings (SSSR count). The number of rotatable bonds is 1. The Morgan fingerprint density at radius 1 is 1.64 bits per heavy atom. The molecule has 0 atom stereocenters. The fraction of sp³-hybridized carbons (Fsp3) is 0.125. The monoisotopic (exact) mass is 192 g/mol. The lowest BCUT2D eigenvalue weighted by Gasteiger charge is -2.10. The molecule has 0 aromatic carbocycles. The topological polar surface area (TPSA) is 82.1 Å². The fourth-order valence-corrected chi connectivity index (χ4v) is 1.08. The Morgan fingerprint density at radius 3 is 3.14 bits per heavy atom. The van der Waals surface area contributed by atoms with Crippen LogP contribution in [0.3, 0.4) is 0 Å². The minimum Gasteiger partial charge on any atom is -0.465 e. The summed E-state index contributed by atoms with van der Waals surface area (Å²) in [6.45, 7) is 0. The van der Waals surface area contributed by atoms with Gasteiger partial charge in [-0.25, -0.2) is 14.8 Å². The van der Waals surface area contributed by atoms with E-state index in [1.807, 2.05) is 0 Å². The lowest BCUT2D eigenvalue weighted by atomic mass is 10.5. The minimum absolute atomic E-state index is 0.310. The number of carbonyl (C=O) groups is 1.